The first-order chi connectivity index (χ1) is 9.08. The Hall–Kier alpha value is -1.16. The fraction of sp³-hybridized carbons (Fsp3) is 0.154. The molecule has 19 heavy (non-hydrogen) atoms. The van der Waals surface area contributed by atoms with Gasteiger partial charge in [-0.2, -0.15) is 0 Å². The van der Waals surface area contributed by atoms with Crippen LogP contribution >= 0.6 is 34.8 Å². The Morgan fingerprint density at radius 1 is 1.11 bits per heavy atom. The minimum atomic E-state index is 0.241. The van der Waals surface area contributed by atoms with Crippen molar-refractivity contribution in [3.05, 3.63) is 51.1 Å². The summed E-state index contributed by atoms with van der Waals surface area (Å²) in [5.74, 6) is 1.30. The third-order valence-electron chi connectivity index (χ3n) is 2.39. The minimum absolute atomic E-state index is 0.241. The summed E-state index contributed by atoms with van der Waals surface area (Å²) < 4.78 is 5.59. The van der Waals surface area contributed by atoms with E-state index in [1.807, 2.05) is 0 Å². The zero-order chi connectivity index (χ0) is 13.8. The maximum Gasteiger partial charge on any atom is 0.132 e. The second-order valence-corrected chi connectivity index (χ2v) is 5.05. The summed E-state index contributed by atoms with van der Waals surface area (Å²) >= 11 is 17.8. The van der Waals surface area contributed by atoms with Crippen LogP contribution in [0.1, 0.15) is 5.69 Å². The Morgan fingerprint density at radius 3 is 2.42 bits per heavy atom. The monoisotopic (exact) mass is 316 g/mol. The third-order valence-corrected chi connectivity index (χ3v) is 3.17. The molecule has 0 spiro atoms. The van der Waals surface area contributed by atoms with Gasteiger partial charge in [-0.15, -0.1) is 0 Å². The van der Waals surface area contributed by atoms with Crippen LogP contribution in [-0.4, -0.2) is 12.0 Å². The van der Waals surface area contributed by atoms with E-state index in [4.69, 9.17) is 39.5 Å². The maximum absolute atomic E-state index is 6.06. The molecule has 3 nitrogen and oxygen atoms in total. The molecule has 0 radical (unpaired) electrons. The van der Waals surface area contributed by atoms with E-state index in [2.05, 4.69) is 10.3 Å². The molecule has 0 bridgehead atoms. The molecule has 0 aliphatic carbocycles. The molecule has 1 aromatic carbocycles. The quantitative estimate of drug-likeness (QED) is 0.890. The molecule has 2 rings (SSSR count). The molecule has 6 heteroatoms. The van der Waals surface area contributed by atoms with E-state index < -0.39 is 0 Å². The Bertz CT molecular complexity index is 570. The number of aromatic nitrogens is 1. The summed E-state index contributed by atoms with van der Waals surface area (Å²) in [6, 6.07) is 8.57. The van der Waals surface area contributed by atoms with Crippen LogP contribution in [0.3, 0.4) is 0 Å². The lowest BCUT2D eigenvalue weighted by molar-refractivity contribution is 0.301. The van der Waals surface area contributed by atoms with Gasteiger partial charge in [-0.05, 0) is 30.3 Å². The van der Waals surface area contributed by atoms with Crippen molar-refractivity contribution >= 4 is 40.6 Å². The van der Waals surface area contributed by atoms with E-state index in [-0.39, 0.29) is 6.61 Å². The van der Waals surface area contributed by atoms with E-state index >= 15 is 0 Å². The van der Waals surface area contributed by atoms with Gasteiger partial charge < -0.3 is 10.1 Å². The zero-order valence-electron chi connectivity index (χ0n) is 10.1. The molecule has 0 unspecified atom stereocenters. The molecule has 0 aliphatic heterocycles. The smallest absolute Gasteiger partial charge is 0.132 e. The second-order valence-electron chi connectivity index (χ2n) is 3.77. The van der Waals surface area contributed by atoms with Crippen LogP contribution < -0.4 is 10.1 Å². The van der Waals surface area contributed by atoms with Gasteiger partial charge in [-0.1, -0.05) is 34.8 Å². The lowest BCUT2D eigenvalue weighted by Crippen LogP contribution is -2.02. The number of hydrogen-bond acceptors (Lipinski definition) is 3. The van der Waals surface area contributed by atoms with Crippen molar-refractivity contribution in [3.63, 3.8) is 0 Å². The summed E-state index contributed by atoms with van der Waals surface area (Å²) in [5.41, 5.74) is 0.643. The number of anilines is 1. The van der Waals surface area contributed by atoms with Gasteiger partial charge >= 0.3 is 0 Å². The molecule has 1 N–H and O–H groups in total. The van der Waals surface area contributed by atoms with Crippen LogP contribution in [0.5, 0.6) is 5.75 Å². The molecule has 1 heterocycles. The average Bonchev–Trinajstić information content (AvgIpc) is 2.37. The number of halogens is 3. The minimum Gasteiger partial charge on any atom is -0.487 e. The molecule has 0 saturated heterocycles. The molecule has 2 aromatic rings. The fourth-order valence-corrected chi connectivity index (χ4v) is 2.15. The lowest BCUT2D eigenvalue weighted by Gasteiger charge is -2.09. The molecule has 1 aromatic heterocycles. The van der Waals surface area contributed by atoms with E-state index in [0.29, 0.717) is 26.5 Å². The number of benzene rings is 1. The van der Waals surface area contributed by atoms with Crippen molar-refractivity contribution < 1.29 is 4.74 Å². The van der Waals surface area contributed by atoms with Crippen molar-refractivity contribution in [1.29, 1.82) is 0 Å². The van der Waals surface area contributed by atoms with Crippen LogP contribution in [0.2, 0.25) is 15.1 Å². The summed E-state index contributed by atoms with van der Waals surface area (Å²) in [6.07, 6.45) is 0. The number of nitrogens with one attached hydrogen (secondary N) is 1. The number of nitrogens with zero attached hydrogens (tertiary/aromatic N) is 1. The van der Waals surface area contributed by atoms with Gasteiger partial charge in [-0.3, -0.25) is 0 Å². The van der Waals surface area contributed by atoms with E-state index in [9.17, 15) is 0 Å². The Labute approximate surface area is 126 Å². The highest BCUT2D eigenvalue weighted by molar-refractivity contribution is 6.34. The number of pyridine rings is 1. The highest BCUT2D eigenvalue weighted by Crippen LogP contribution is 2.25. The predicted octanol–water partition coefficient (Wildman–Crippen LogP) is 4.66. The van der Waals surface area contributed by atoms with E-state index in [1.165, 1.54) is 0 Å². The first-order valence-electron chi connectivity index (χ1n) is 5.50. The topological polar surface area (TPSA) is 34.1 Å². The predicted molar refractivity (Wildman–Crippen MR) is 79.6 cm³/mol. The highest BCUT2D eigenvalue weighted by atomic mass is 35.5. The number of hydrogen-bond donors (Lipinski definition) is 1. The van der Waals surface area contributed by atoms with E-state index in [0.717, 1.165) is 5.82 Å². The molecule has 100 valence electrons. The van der Waals surface area contributed by atoms with Crippen LogP contribution in [0.25, 0.3) is 0 Å². The Balaban J connectivity index is 2.13. The average molecular weight is 318 g/mol. The first-order valence-corrected chi connectivity index (χ1v) is 6.64. The van der Waals surface area contributed by atoms with Gasteiger partial charge in [0.15, 0.2) is 0 Å². The van der Waals surface area contributed by atoms with E-state index in [1.54, 1.807) is 37.4 Å². The highest BCUT2D eigenvalue weighted by Gasteiger charge is 2.06. The fourth-order valence-electron chi connectivity index (χ4n) is 1.49. The van der Waals surface area contributed by atoms with Crippen molar-refractivity contribution in [2.45, 2.75) is 6.61 Å². The van der Waals surface area contributed by atoms with Gasteiger partial charge in [0, 0.05) is 17.1 Å². The van der Waals surface area contributed by atoms with Gasteiger partial charge in [-0.25, -0.2) is 4.98 Å². The first kappa shape index (κ1) is 14.3. The van der Waals surface area contributed by atoms with Crippen molar-refractivity contribution in [2.24, 2.45) is 0 Å². The Morgan fingerprint density at radius 2 is 1.79 bits per heavy atom. The molecule has 0 saturated carbocycles. The molecular weight excluding hydrogens is 307 g/mol. The third kappa shape index (κ3) is 3.90. The Kier molecular flexibility index (Phi) is 4.75. The van der Waals surface area contributed by atoms with Gasteiger partial charge in [0.25, 0.3) is 0 Å². The standard InChI is InChI=1S/C13H11Cl3N2O/c1-17-13-3-2-11(16)12(18-13)7-19-10-5-8(14)4-9(15)6-10/h2-6H,7H2,1H3,(H,17,18). The summed E-state index contributed by atoms with van der Waals surface area (Å²) in [7, 11) is 1.79. The molecular formula is C13H11Cl3N2O. The summed E-state index contributed by atoms with van der Waals surface area (Å²) in [6.45, 7) is 0.241. The SMILES string of the molecule is CNc1ccc(Cl)c(COc2cc(Cl)cc(Cl)c2)n1. The lowest BCUT2D eigenvalue weighted by atomic mass is 10.3. The summed E-state index contributed by atoms with van der Waals surface area (Å²) in [4.78, 5) is 4.32. The van der Waals surface area contributed by atoms with Crippen molar-refractivity contribution in [2.75, 3.05) is 12.4 Å². The molecule has 0 fully saturated rings. The van der Waals surface area contributed by atoms with Gasteiger partial charge in [0.05, 0.1) is 10.7 Å². The second kappa shape index (κ2) is 6.33. The largest absolute Gasteiger partial charge is 0.487 e. The molecule has 0 amide bonds. The van der Waals surface area contributed by atoms with Crippen LogP contribution in [-0.2, 0) is 6.61 Å². The number of rotatable bonds is 4. The van der Waals surface area contributed by atoms with Gasteiger partial charge in [0.1, 0.15) is 18.2 Å². The van der Waals surface area contributed by atoms with Crippen LogP contribution in [0, 0.1) is 0 Å². The molecule has 0 atom stereocenters. The van der Waals surface area contributed by atoms with Gasteiger partial charge in [0.2, 0.25) is 0 Å². The van der Waals surface area contributed by atoms with Crippen LogP contribution in [0.4, 0.5) is 5.82 Å². The maximum atomic E-state index is 6.06. The molecule has 0 aliphatic rings. The van der Waals surface area contributed by atoms with Crippen molar-refractivity contribution in [3.8, 4) is 5.75 Å². The zero-order valence-corrected chi connectivity index (χ0v) is 12.4. The summed E-state index contributed by atoms with van der Waals surface area (Å²) in [5, 5.41) is 4.53. The van der Waals surface area contributed by atoms with Crippen molar-refractivity contribution in [1.82, 2.24) is 4.98 Å². The number of ether oxygens (including phenoxy) is 1. The normalized spacial score (nSPS) is 10.3. The van der Waals surface area contributed by atoms with Crippen LogP contribution in [0.15, 0.2) is 30.3 Å².